The zero-order valence-electron chi connectivity index (χ0n) is 12.8. The number of hydrogen-bond acceptors (Lipinski definition) is 3. The first-order valence-corrected chi connectivity index (χ1v) is 7.56. The molecule has 1 aromatic carbocycles. The molecule has 0 radical (unpaired) electrons. The summed E-state index contributed by atoms with van der Waals surface area (Å²) in [6.45, 7) is 8.08. The van der Waals surface area contributed by atoms with Crippen LogP contribution in [0.2, 0.25) is 5.02 Å². The van der Waals surface area contributed by atoms with Gasteiger partial charge in [0.1, 0.15) is 11.5 Å². The Kier molecular flexibility index (Phi) is 5.85. The first-order chi connectivity index (χ1) is 10.0. The molecule has 0 unspecified atom stereocenters. The van der Waals surface area contributed by atoms with Crippen LogP contribution in [0.15, 0.2) is 34.7 Å². The Bertz CT molecular complexity index is 561. The fourth-order valence-corrected chi connectivity index (χ4v) is 2.11. The number of aryl methyl sites for hydroxylation is 1. The minimum Gasteiger partial charge on any atom is -0.465 e. The minimum absolute atomic E-state index is 0.444. The van der Waals surface area contributed by atoms with Crippen molar-refractivity contribution in [1.29, 1.82) is 0 Å². The molecule has 0 amide bonds. The molecule has 4 heteroatoms. The van der Waals surface area contributed by atoms with Crippen molar-refractivity contribution in [3.05, 3.63) is 58.0 Å². The maximum Gasteiger partial charge on any atom is 0.118 e. The lowest BCUT2D eigenvalue weighted by Crippen LogP contribution is -2.21. The average Bonchev–Trinajstić information content (AvgIpc) is 2.79. The first-order valence-electron chi connectivity index (χ1n) is 7.18. The van der Waals surface area contributed by atoms with E-state index in [0.29, 0.717) is 19.3 Å². The van der Waals surface area contributed by atoms with Crippen molar-refractivity contribution in [3.63, 3.8) is 0 Å². The zero-order chi connectivity index (χ0) is 15.2. The van der Waals surface area contributed by atoms with Gasteiger partial charge in [0, 0.05) is 16.6 Å². The van der Waals surface area contributed by atoms with Crippen molar-refractivity contribution in [1.82, 2.24) is 5.32 Å². The standard InChI is InChI=1S/C17H22ClNO2/c1-12(2)19-9-17-8-15(13(3)21-17)11-20-10-14-4-6-16(18)7-5-14/h4-8,12,19H,9-11H2,1-3H3. The second-order valence-electron chi connectivity index (χ2n) is 5.45. The Morgan fingerprint density at radius 3 is 2.57 bits per heavy atom. The zero-order valence-corrected chi connectivity index (χ0v) is 13.5. The Labute approximate surface area is 131 Å². The van der Waals surface area contributed by atoms with E-state index in [0.717, 1.165) is 34.2 Å². The van der Waals surface area contributed by atoms with Gasteiger partial charge in [0.25, 0.3) is 0 Å². The molecule has 0 fully saturated rings. The van der Waals surface area contributed by atoms with Gasteiger partial charge in [-0.15, -0.1) is 0 Å². The minimum atomic E-state index is 0.444. The van der Waals surface area contributed by atoms with Crippen molar-refractivity contribution < 1.29 is 9.15 Å². The molecular weight excluding hydrogens is 286 g/mol. The van der Waals surface area contributed by atoms with Crippen LogP contribution in [-0.4, -0.2) is 6.04 Å². The van der Waals surface area contributed by atoms with Crippen LogP contribution in [0.3, 0.4) is 0 Å². The molecule has 0 spiro atoms. The van der Waals surface area contributed by atoms with Gasteiger partial charge in [-0.2, -0.15) is 0 Å². The third kappa shape index (κ3) is 5.20. The summed E-state index contributed by atoms with van der Waals surface area (Å²) in [7, 11) is 0. The van der Waals surface area contributed by atoms with Crippen LogP contribution in [0.1, 0.15) is 36.5 Å². The SMILES string of the molecule is Cc1oc(CNC(C)C)cc1COCc1ccc(Cl)cc1. The van der Waals surface area contributed by atoms with Gasteiger partial charge in [-0.05, 0) is 30.7 Å². The lowest BCUT2D eigenvalue weighted by Gasteiger charge is -2.04. The number of furan rings is 1. The molecule has 0 aliphatic rings. The van der Waals surface area contributed by atoms with Gasteiger partial charge in [-0.25, -0.2) is 0 Å². The summed E-state index contributed by atoms with van der Waals surface area (Å²) in [6, 6.07) is 10.2. The van der Waals surface area contributed by atoms with Gasteiger partial charge in [0.05, 0.1) is 19.8 Å². The molecule has 114 valence electrons. The molecule has 2 rings (SSSR count). The topological polar surface area (TPSA) is 34.4 Å². The third-order valence-electron chi connectivity index (χ3n) is 3.20. The number of halogens is 1. The highest BCUT2D eigenvalue weighted by atomic mass is 35.5. The van der Waals surface area contributed by atoms with Gasteiger partial charge in [0.2, 0.25) is 0 Å². The summed E-state index contributed by atoms with van der Waals surface area (Å²) in [5.74, 6) is 1.87. The average molecular weight is 308 g/mol. The summed E-state index contributed by atoms with van der Waals surface area (Å²) < 4.78 is 11.5. The fraction of sp³-hybridized carbons (Fsp3) is 0.412. The predicted molar refractivity (Wildman–Crippen MR) is 85.4 cm³/mol. The highest BCUT2D eigenvalue weighted by Crippen LogP contribution is 2.17. The smallest absolute Gasteiger partial charge is 0.118 e. The first kappa shape index (κ1) is 16.1. The van der Waals surface area contributed by atoms with Gasteiger partial charge in [-0.1, -0.05) is 37.6 Å². The summed E-state index contributed by atoms with van der Waals surface area (Å²) >= 11 is 5.86. The quantitative estimate of drug-likeness (QED) is 0.820. The van der Waals surface area contributed by atoms with Crippen molar-refractivity contribution in [3.8, 4) is 0 Å². The van der Waals surface area contributed by atoms with Crippen LogP contribution in [-0.2, 0) is 24.5 Å². The normalized spacial score (nSPS) is 11.3. The molecule has 1 heterocycles. The number of hydrogen-bond donors (Lipinski definition) is 1. The molecule has 1 N–H and O–H groups in total. The van der Waals surface area contributed by atoms with Gasteiger partial charge in [0.15, 0.2) is 0 Å². The van der Waals surface area contributed by atoms with Crippen molar-refractivity contribution in [2.45, 2.75) is 46.6 Å². The Morgan fingerprint density at radius 2 is 1.90 bits per heavy atom. The molecule has 0 saturated carbocycles. The maximum absolute atomic E-state index is 5.86. The molecule has 0 bridgehead atoms. The molecule has 3 nitrogen and oxygen atoms in total. The van der Waals surface area contributed by atoms with E-state index < -0.39 is 0 Å². The van der Waals surface area contributed by atoms with Crippen molar-refractivity contribution >= 4 is 11.6 Å². The summed E-state index contributed by atoms with van der Waals surface area (Å²) in [5.41, 5.74) is 2.21. The molecular formula is C17H22ClNO2. The number of benzene rings is 1. The Balaban J connectivity index is 1.84. The number of ether oxygens (including phenoxy) is 1. The summed E-state index contributed by atoms with van der Waals surface area (Å²) in [5, 5.41) is 4.08. The molecule has 0 aliphatic heterocycles. The summed E-state index contributed by atoms with van der Waals surface area (Å²) in [6.07, 6.45) is 0. The second kappa shape index (κ2) is 7.64. The van der Waals surface area contributed by atoms with Crippen LogP contribution < -0.4 is 5.32 Å². The van der Waals surface area contributed by atoms with Gasteiger partial charge < -0.3 is 14.5 Å². The van der Waals surface area contributed by atoms with Crippen LogP contribution in [0.4, 0.5) is 0 Å². The van der Waals surface area contributed by atoms with Crippen LogP contribution in [0, 0.1) is 6.92 Å². The number of rotatable bonds is 7. The fourth-order valence-electron chi connectivity index (χ4n) is 1.98. The lowest BCUT2D eigenvalue weighted by atomic mass is 10.2. The number of nitrogens with one attached hydrogen (secondary N) is 1. The largest absolute Gasteiger partial charge is 0.465 e. The summed E-state index contributed by atoms with van der Waals surface area (Å²) in [4.78, 5) is 0. The van der Waals surface area contributed by atoms with E-state index in [2.05, 4.69) is 25.2 Å². The van der Waals surface area contributed by atoms with E-state index in [4.69, 9.17) is 20.8 Å². The highest BCUT2D eigenvalue weighted by Gasteiger charge is 2.08. The highest BCUT2D eigenvalue weighted by molar-refractivity contribution is 6.30. The Hall–Kier alpha value is -1.29. The van der Waals surface area contributed by atoms with Crippen LogP contribution >= 0.6 is 11.6 Å². The van der Waals surface area contributed by atoms with E-state index >= 15 is 0 Å². The van der Waals surface area contributed by atoms with Crippen molar-refractivity contribution in [2.24, 2.45) is 0 Å². The second-order valence-corrected chi connectivity index (χ2v) is 5.89. The molecule has 0 saturated heterocycles. The molecule has 21 heavy (non-hydrogen) atoms. The van der Waals surface area contributed by atoms with E-state index in [1.54, 1.807) is 0 Å². The lowest BCUT2D eigenvalue weighted by molar-refractivity contribution is 0.106. The van der Waals surface area contributed by atoms with E-state index in [-0.39, 0.29) is 0 Å². The third-order valence-corrected chi connectivity index (χ3v) is 3.45. The molecule has 1 aromatic heterocycles. The molecule has 0 aliphatic carbocycles. The van der Waals surface area contributed by atoms with Crippen molar-refractivity contribution in [2.75, 3.05) is 0 Å². The van der Waals surface area contributed by atoms with E-state index in [9.17, 15) is 0 Å². The monoisotopic (exact) mass is 307 g/mol. The van der Waals surface area contributed by atoms with Crippen LogP contribution in [0.5, 0.6) is 0 Å². The predicted octanol–water partition coefficient (Wildman–Crippen LogP) is 4.46. The van der Waals surface area contributed by atoms with E-state index in [1.807, 2.05) is 31.2 Å². The Morgan fingerprint density at radius 1 is 1.19 bits per heavy atom. The van der Waals surface area contributed by atoms with Gasteiger partial charge in [-0.3, -0.25) is 0 Å². The maximum atomic E-state index is 5.86. The van der Waals surface area contributed by atoms with E-state index in [1.165, 1.54) is 0 Å². The molecule has 0 atom stereocenters. The molecule has 2 aromatic rings. The van der Waals surface area contributed by atoms with Gasteiger partial charge >= 0.3 is 0 Å². The van der Waals surface area contributed by atoms with Crippen LogP contribution in [0.25, 0.3) is 0 Å².